The number of hydrogen-bond donors (Lipinski definition) is 0. The summed E-state index contributed by atoms with van der Waals surface area (Å²) in [7, 11) is 2.65. The van der Waals surface area contributed by atoms with Crippen LogP contribution in [0.2, 0.25) is 10.0 Å². The number of esters is 2. The van der Waals surface area contributed by atoms with E-state index >= 15 is 35.1 Å². The van der Waals surface area contributed by atoms with Crippen LogP contribution in [0.25, 0.3) is 44.6 Å². The molecule has 13 nitrogen and oxygen atoms in total. The number of rotatable bonds is 20. The van der Waals surface area contributed by atoms with E-state index in [9.17, 15) is 18.4 Å². The number of methoxy groups -OCH3 is 2. The van der Waals surface area contributed by atoms with Crippen LogP contribution >= 0.6 is 23.2 Å². The van der Waals surface area contributed by atoms with E-state index in [1.165, 1.54) is 84.0 Å². The first kappa shape index (κ1) is 59.3. The highest BCUT2D eigenvalue weighted by molar-refractivity contribution is 6.30. The molecule has 10 rings (SSSR count). The topological polar surface area (TPSA) is 142 Å². The molecule has 6 aromatic carbocycles. The Labute approximate surface area is 484 Å². The summed E-state index contributed by atoms with van der Waals surface area (Å²) in [4.78, 5) is 44.1. The van der Waals surface area contributed by atoms with Crippen molar-refractivity contribution in [1.29, 1.82) is 0 Å². The van der Waals surface area contributed by atoms with E-state index in [0.717, 1.165) is 24.3 Å². The van der Waals surface area contributed by atoms with E-state index in [4.69, 9.17) is 46.9 Å². The molecule has 0 saturated carbocycles. The Morgan fingerprint density at radius 1 is 0.471 bits per heavy atom. The summed E-state index contributed by atoms with van der Waals surface area (Å²) in [5.74, 6) is -16.0. The third-order valence-electron chi connectivity index (χ3n) is 13.4. The van der Waals surface area contributed by atoms with Crippen molar-refractivity contribution in [2.24, 2.45) is 0 Å². The normalized spacial score (nSPS) is 11.5. The molecule has 0 atom stereocenters. The van der Waals surface area contributed by atoms with Crippen LogP contribution in [0, 0.1) is 58.2 Å². The van der Waals surface area contributed by atoms with Crippen LogP contribution in [0.15, 0.2) is 109 Å². The maximum atomic E-state index is 16.0. The van der Waals surface area contributed by atoms with Gasteiger partial charge < -0.3 is 32.8 Å². The molecule has 0 radical (unpaired) electrons. The minimum absolute atomic E-state index is 0.0914. The molecular formula is C60H40Cl2F10N6O7. The average molecular weight is 1220 g/mol. The molecule has 0 N–H and O–H groups in total. The van der Waals surface area contributed by atoms with Crippen LogP contribution in [-0.4, -0.2) is 68.4 Å². The van der Waals surface area contributed by atoms with Crippen LogP contribution in [0.5, 0.6) is 11.8 Å². The predicted molar refractivity (Wildman–Crippen MR) is 289 cm³/mol. The van der Waals surface area contributed by atoms with Gasteiger partial charge in [-0.2, -0.15) is 0 Å². The lowest BCUT2D eigenvalue weighted by molar-refractivity contribution is 0.0397. The van der Waals surface area contributed by atoms with Crippen molar-refractivity contribution in [2.45, 2.75) is 39.1 Å². The Kier molecular flexibility index (Phi) is 17.5. The van der Waals surface area contributed by atoms with Gasteiger partial charge in [0.2, 0.25) is 11.8 Å². The van der Waals surface area contributed by atoms with Gasteiger partial charge in [-0.1, -0.05) is 47.5 Å². The highest BCUT2D eigenvalue weighted by atomic mass is 35.5. The summed E-state index contributed by atoms with van der Waals surface area (Å²) in [6, 6.07) is 20.7. The Hall–Kier alpha value is -8.90. The molecule has 4 aromatic heterocycles. The number of carbonyl (C=O) groups excluding carboxylic acids is 2. The smallest absolute Gasteiger partial charge is 0.346 e. The van der Waals surface area contributed by atoms with Crippen molar-refractivity contribution < 1.29 is 77.2 Å². The van der Waals surface area contributed by atoms with Crippen LogP contribution in [-0.2, 0) is 53.4 Å². The highest BCUT2D eigenvalue weighted by Crippen LogP contribution is 2.34. The van der Waals surface area contributed by atoms with E-state index < -0.39 is 127 Å². The number of fused-ring (bicyclic) bond motifs is 2. The predicted octanol–water partition coefficient (Wildman–Crippen LogP) is 13.8. The fourth-order valence-electron chi connectivity index (χ4n) is 9.18. The van der Waals surface area contributed by atoms with Crippen molar-refractivity contribution in [1.82, 2.24) is 29.1 Å². The number of imidazole rings is 2. The van der Waals surface area contributed by atoms with Crippen molar-refractivity contribution >= 4 is 57.2 Å². The Balaban J connectivity index is 0.882. The van der Waals surface area contributed by atoms with Gasteiger partial charge in [0.25, 0.3) is 0 Å². The Morgan fingerprint density at radius 2 is 0.882 bits per heavy atom. The van der Waals surface area contributed by atoms with Gasteiger partial charge in [-0.05, 0) is 72.8 Å². The van der Waals surface area contributed by atoms with Gasteiger partial charge in [0.1, 0.15) is 59.2 Å². The van der Waals surface area contributed by atoms with E-state index in [1.54, 1.807) is 0 Å². The number of nitrogens with zero attached hydrogens (tertiary/aromatic N) is 6. The number of ether oxygens (including phenoxy) is 5. The van der Waals surface area contributed by atoms with Gasteiger partial charge in [-0.3, -0.25) is 0 Å². The second-order valence-electron chi connectivity index (χ2n) is 18.8. The number of aromatic nitrogens is 6. The zero-order chi connectivity index (χ0) is 60.4. The van der Waals surface area contributed by atoms with Crippen molar-refractivity contribution in [2.75, 3.05) is 27.4 Å². The minimum Gasteiger partial charge on any atom is -0.473 e. The van der Waals surface area contributed by atoms with E-state index in [2.05, 4.69) is 19.9 Å². The van der Waals surface area contributed by atoms with Gasteiger partial charge >= 0.3 is 11.9 Å². The zero-order valence-corrected chi connectivity index (χ0v) is 45.6. The maximum Gasteiger partial charge on any atom is 0.346 e. The third-order valence-corrected chi connectivity index (χ3v) is 13.9. The van der Waals surface area contributed by atoms with Crippen molar-refractivity contribution in [3.63, 3.8) is 0 Å². The van der Waals surface area contributed by atoms with E-state index in [-0.39, 0.29) is 107 Å². The highest BCUT2D eigenvalue weighted by Gasteiger charge is 2.29. The second kappa shape index (κ2) is 25.1. The molecule has 436 valence electrons. The monoisotopic (exact) mass is 1220 g/mol. The van der Waals surface area contributed by atoms with Crippen molar-refractivity contribution in [3.8, 4) is 34.3 Å². The van der Waals surface area contributed by atoms with E-state index in [0.29, 0.717) is 24.3 Å². The third kappa shape index (κ3) is 12.5. The largest absolute Gasteiger partial charge is 0.473 e. The molecule has 25 heteroatoms. The molecule has 0 unspecified atom stereocenters. The lowest BCUT2D eigenvalue weighted by Gasteiger charge is -2.13. The van der Waals surface area contributed by atoms with Gasteiger partial charge in [0.15, 0.2) is 34.9 Å². The summed E-state index contributed by atoms with van der Waals surface area (Å²) in [5, 5.41) is 0.313. The van der Waals surface area contributed by atoms with Crippen LogP contribution in [0.4, 0.5) is 43.9 Å². The number of halogens is 12. The molecule has 85 heavy (non-hydrogen) atoms. The summed E-state index contributed by atoms with van der Waals surface area (Å²) >= 11 is 11.6. The second-order valence-corrected chi connectivity index (χ2v) is 19.7. The molecule has 0 aliphatic heterocycles. The number of carbonyl (C=O) groups is 2. The molecule has 10 aromatic rings. The van der Waals surface area contributed by atoms with E-state index in [1.807, 2.05) is 0 Å². The van der Waals surface area contributed by atoms with Crippen LogP contribution in [0.3, 0.4) is 0 Å². The minimum atomic E-state index is -1.63. The van der Waals surface area contributed by atoms with Gasteiger partial charge in [-0.15, -0.1) is 0 Å². The quantitative estimate of drug-likeness (QED) is 0.0311. The van der Waals surface area contributed by atoms with Crippen LogP contribution < -0.4 is 9.47 Å². The summed E-state index contributed by atoms with van der Waals surface area (Å²) in [6.07, 6.45) is -1.53. The molecular weight excluding hydrogens is 1180 g/mol. The first-order chi connectivity index (χ1) is 40.8. The SMILES string of the molecule is COCCn1c(Cc2c(F)cc(-c3cccc(OCc4ccc(Cl)cc4F)n3)c(F)c2F)nc2c(F)cc(C(=O)OC(=O)c3cc(F)c4nc(Cc5c(F)cc(-c6cccc(OCc7ccc(Cl)cc7F)n6)c(F)c5F)n(CCOC)c4c3)cc21. The fourth-order valence-corrected chi connectivity index (χ4v) is 9.50. The van der Waals surface area contributed by atoms with Gasteiger partial charge in [0, 0.05) is 95.7 Å². The first-order valence-corrected chi connectivity index (χ1v) is 26.1. The maximum absolute atomic E-state index is 16.0. The number of benzene rings is 6. The first-order valence-electron chi connectivity index (χ1n) is 25.3. The molecule has 0 spiro atoms. The Morgan fingerprint density at radius 3 is 1.27 bits per heavy atom. The van der Waals surface area contributed by atoms with Crippen LogP contribution in [0.1, 0.15) is 54.6 Å². The molecule has 0 fully saturated rings. The number of pyridine rings is 2. The molecule has 0 amide bonds. The van der Waals surface area contributed by atoms with Gasteiger partial charge in [0.05, 0.1) is 46.8 Å². The van der Waals surface area contributed by atoms with Crippen molar-refractivity contribution in [3.05, 3.63) is 222 Å². The Bertz CT molecular complexity index is 4010. The summed E-state index contributed by atoms with van der Waals surface area (Å²) in [5.41, 5.74) is -5.30. The standard InChI is InChI=1S/C60H40Cl2F10N6O7/c1-81-15-13-77-47-19-31(17-43(67)57(47)75-49(77)25-35-41(65)23-37(55(71)53(35)69)45-5-3-7-51(73-45)83-27-29-9-11-33(61)21-39(29)63)59(79)85-60(80)32-18-44(68)58-48(20-32)78(14-16-82-2)50(76-58)26-36-42(66)24-38(56(72)54(36)70)46-6-4-8-52(74-46)84-28-30-10-12-34(62)22-40(30)64/h3-12,17-24H,13-16,25-28H2,1-2H3. The summed E-state index contributed by atoms with van der Waals surface area (Å²) < 4.78 is 186. The molecule has 0 aliphatic carbocycles. The fraction of sp³-hybridized carbons (Fsp3) is 0.167. The molecule has 0 aliphatic rings. The van der Waals surface area contributed by atoms with Gasteiger partial charge in [-0.25, -0.2) is 73.4 Å². The molecule has 0 bridgehead atoms. The zero-order valence-electron chi connectivity index (χ0n) is 44.1. The molecule has 0 saturated heterocycles. The lowest BCUT2D eigenvalue weighted by Crippen LogP contribution is -2.15. The lowest BCUT2D eigenvalue weighted by atomic mass is 10.0. The summed E-state index contributed by atoms with van der Waals surface area (Å²) in [6.45, 7) is -1.11. The molecule has 4 heterocycles. The average Bonchev–Trinajstić information content (AvgIpc) is 2.60. The number of hydrogen-bond acceptors (Lipinski definition) is 11.